The predicted octanol–water partition coefficient (Wildman–Crippen LogP) is 6.04. The van der Waals surface area contributed by atoms with Crippen LogP contribution in [0.1, 0.15) is 86.3 Å². The van der Waals surface area contributed by atoms with Gasteiger partial charge in [0, 0.05) is 30.3 Å². The zero-order valence-corrected chi connectivity index (χ0v) is 24.9. The molecule has 3 atom stereocenters. The Morgan fingerprint density at radius 3 is 2.64 bits per heavy atom. The highest BCUT2D eigenvalue weighted by molar-refractivity contribution is 5.82. The Morgan fingerprint density at radius 2 is 1.83 bits per heavy atom. The van der Waals surface area contributed by atoms with Crippen LogP contribution in [0, 0.1) is 0 Å². The molecule has 3 aromatic carbocycles. The van der Waals surface area contributed by atoms with Crippen molar-refractivity contribution in [2.24, 2.45) is 0 Å². The Kier molecular flexibility index (Phi) is 8.82. The van der Waals surface area contributed by atoms with Crippen LogP contribution in [0.25, 0.3) is 0 Å². The Balaban J connectivity index is 1.16. The molecule has 0 aromatic heterocycles. The van der Waals surface area contributed by atoms with E-state index in [-0.39, 0.29) is 24.1 Å². The van der Waals surface area contributed by atoms with E-state index in [1.807, 2.05) is 36.4 Å². The van der Waals surface area contributed by atoms with Crippen molar-refractivity contribution in [2.45, 2.75) is 88.5 Å². The molecule has 1 aliphatic carbocycles. The number of para-hydroxylation sites is 1. The molecule has 1 saturated carbocycles. The lowest BCUT2D eigenvalue weighted by Gasteiger charge is -2.45. The van der Waals surface area contributed by atoms with Crippen LogP contribution in [0.15, 0.2) is 72.8 Å². The fourth-order valence-electron chi connectivity index (χ4n) is 7.23. The first-order chi connectivity index (χ1) is 20.5. The summed E-state index contributed by atoms with van der Waals surface area (Å²) in [5.41, 5.74) is 5.70. The number of ether oxygens (including phenoxy) is 1. The van der Waals surface area contributed by atoms with Crippen LogP contribution >= 0.6 is 0 Å². The molecule has 1 spiro atoms. The van der Waals surface area contributed by atoms with Crippen molar-refractivity contribution in [3.8, 4) is 5.75 Å². The van der Waals surface area contributed by atoms with E-state index in [1.165, 1.54) is 36.0 Å². The van der Waals surface area contributed by atoms with Gasteiger partial charge in [0.15, 0.2) is 0 Å². The van der Waals surface area contributed by atoms with Gasteiger partial charge >= 0.3 is 0 Å². The Morgan fingerprint density at radius 1 is 1.05 bits per heavy atom. The van der Waals surface area contributed by atoms with Crippen LogP contribution in [0.4, 0.5) is 5.69 Å². The lowest BCUT2D eigenvalue weighted by Crippen LogP contribution is -2.47. The minimum Gasteiger partial charge on any atom is -0.487 e. The summed E-state index contributed by atoms with van der Waals surface area (Å²) in [6.45, 7) is 4.00. The number of nitrogens with zero attached hydrogens (tertiary/aromatic N) is 1. The zero-order chi connectivity index (χ0) is 28.9. The molecular weight excluding hydrogens is 522 g/mol. The molecule has 222 valence electrons. The smallest absolute Gasteiger partial charge is 0.239 e. The maximum atomic E-state index is 13.4. The molecule has 0 radical (unpaired) electrons. The van der Waals surface area contributed by atoms with E-state index >= 15 is 0 Å². The van der Waals surface area contributed by atoms with E-state index in [2.05, 4.69) is 58.9 Å². The van der Waals surface area contributed by atoms with Gasteiger partial charge in [0.25, 0.3) is 0 Å². The Bertz CT molecular complexity index is 1350. The number of fused-ring (bicyclic) bond motifs is 2. The highest BCUT2D eigenvalue weighted by Gasteiger charge is 2.41. The summed E-state index contributed by atoms with van der Waals surface area (Å²) in [5, 5.41) is 18.5. The van der Waals surface area contributed by atoms with Crippen molar-refractivity contribution < 1.29 is 14.6 Å². The number of amides is 1. The number of hydrogen-bond donors (Lipinski definition) is 3. The van der Waals surface area contributed by atoms with Crippen LogP contribution in [0.2, 0.25) is 0 Å². The first-order valence-electron chi connectivity index (χ1n) is 15.9. The average Bonchev–Trinajstić information content (AvgIpc) is 3.43. The molecule has 3 aliphatic rings. The second-order valence-corrected chi connectivity index (χ2v) is 12.4. The quantitative estimate of drug-likeness (QED) is 0.279. The molecule has 2 heterocycles. The molecule has 0 saturated heterocycles. The SMILES string of the molecule is CCc1ccc2c(c1)[C@H](NCC[C@@H](NC(=O)CN1CCc3ccccc31)[C@@H](O)c1ccccc1)CC1(CCCCC1)O2. The Hall–Kier alpha value is -3.35. The number of aliphatic hydroxyl groups excluding tert-OH is 1. The summed E-state index contributed by atoms with van der Waals surface area (Å²) in [6, 6.07) is 24.4. The molecule has 3 aromatic rings. The van der Waals surface area contributed by atoms with E-state index in [0.717, 1.165) is 55.6 Å². The summed E-state index contributed by atoms with van der Waals surface area (Å²) >= 11 is 0. The maximum Gasteiger partial charge on any atom is 0.239 e. The van der Waals surface area contributed by atoms with Crippen LogP contribution in [0.5, 0.6) is 5.75 Å². The lowest BCUT2D eigenvalue weighted by atomic mass is 9.77. The topological polar surface area (TPSA) is 73.8 Å². The first kappa shape index (κ1) is 28.8. The number of aryl methyl sites for hydroxylation is 1. The molecule has 3 N–H and O–H groups in total. The fourth-order valence-corrected chi connectivity index (χ4v) is 7.23. The lowest BCUT2D eigenvalue weighted by molar-refractivity contribution is -0.121. The van der Waals surface area contributed by atoms with Gasteiger partial charge in [-0.15, -0.1) is 0 Å². The standard InChI is InChI=1S/C36H45N3O3/c1-2-26-15-16-33-29(23-26)31(24-36(42-33)19-9-4-10-20-36)37-21-17-30(35(41)28-12-5-3-6-13-28)38-34(40)25-39-22-18-27-11-7-8-14-32(27)39/h3,5-8,11-16,23,30-31,35,37,41H,2,4,9-10,17-22,24-25H2,1H3,(H,38,40)/t30-,31-,35+/m1/s1. The van der Waals surface area contributed by atoms with Crippen LogP contribution < -0.4 is 20.3 Å². The maximum absolute atomic E-state index is 13.4. The summed E-state index contributed by atoms with van der Waals surface area (Å²) in [7, 11) is 0. The van der Waals surface area contributed by atoms with Crippen LogP contribution in [-0.2, 0) is 17.6 Å². The normalized spacial score (nSPS) is 20.3. The number of aliphatic hydroxyl groups is 1. The molecule has 0 unspecified atom stereocenters. The summed E-state index contributed by atoms with van der Waals surface area (Å²) in [6.07, 6.45) is 8.65. The predicted molar refractivity (Wildman–Crippen MR) is 168 cm³/mol. The van der Waals surface area contributed by atoms with E-state index < -0.39 is 12.1 Å². The minimum atomic E-state index is -0.791. The first-order valence-corrected chi connectivity index (χ1v) is 15.9. The summed E-state index contributed by atoms with van der Waals surface area (Å²) in [5.74, 6) is 0.953. The third kappa shape index (κ3) is 6.35. The number of carbonyl (C=O) groups is 1. The summed E-state index contributed by atoms with van der Waals surface area (Å²) in [4.78, 5) is 15.5. The van der Waals surface area contributed by atoms with Crippen molar-refractivity contribution in [3.05, 3.63) is 95.1 Å². The number of benzene rings is 3. The van der Waals surface area contributed by atoms with Gasteiger partial charge in [-0.05, 0) is 80.3 Å². The van der Waals surface area contributed by atoms with E-state index in [9.17, 15) is 9.90 Å². The number of rotatable bonds is 10. The molecule has 6 heteroatoms. The molecule has 1 fully saturated rings. The molecular formula is C36H45N3O3. The van der Waals surface area contributed by atoms with Crippen molar-refractivity contribution in [3.63, 3.8) is 0 Å². The highest BCUT2D eigenvalue weighted by atomic mass is 16.5. The second kappa shape index (κ2) is 12.9. The third-order valence-corrected chi connectivity index (χ3v) is 9.56. The van der Waals surface area contributed by atoms with Gasteiger partial charge in [-0.3, -0.25) is 4.79 Å². The Labute approximate surface area is 250 Å². The molecule has 2 aliphatic heterocycles. The molecule has 1 amide bonds. The van der Waals surface area contributed by atoms with E-state index in [4.69, 9.17) is 4.74 Å². The highest BCUT2D eigenvalue weighted by Crippen LogP contribution is 2.46. The number of anilines is 1. The third-order valence-electron chi connectivity index (χ3n) is 9.56. The van der Waals surface area contributed by atoms with E-state index in [0.29, 0.717) is 13.0 Å². The van der Waals surface area contributed by atoms with Gasteiger partial charge in [-0.25, -0.2) is 0 Å². The van der Waals surface area contributed by atoms with Crippen LogP contribution in [-0.4, -0.2) is 42.3 Å². The largest absolute Gasteiger partial charge is 0.487 e. The van der Waals surface area contributed by atoms with Gasteiger partial charge in [0.05, 0.1) is 18.7 Å². The van der Waals surface area contributed by atoms with Gasteiger partial charge in [0.2, 0.25) is 5.91 Å². The van der Waals surface area contributed by atoms with Crippen molar-refractivity contribution in [1.82, 2.24) is 10.6 Å². The minimum absolute atomic E-state index is 0.0585. The van der Waals surface area contributed by atoms with E-state index in [1.54, 1.807) is 0 Å². The van der Waals surface area contributed by atoms with Crippen LogP contribution in [0.3, 0.4) is 0 Å². The van der Waals surface area contributed by atoms with Crippen molar-refractivity contribution in [2.75, 3.05) is 24.5 Å². The van der Waals surface area contributed by atoms with Crippen molar-refractivity contribution >= 4 is 11.6 Å². The summed E-state index contributed by atoms with van der Waals surface area (Å²) < 4.78 is 6.71. The van der Waals surface area contributed by atoms with Gasteiger partial charge < -0.3 is 25.4 Å². The van der Waals surface area contributed by atoms with Gasteiger partial charge in [-0.1, -0.05) is 74.0 Å². The molecule has 42 heavy (non-hydrogen) atoms. The number of hydrogen-bond acceptors (Lipinski definition) is 5. The molecule has 6 rings (SSSR count). The van der Waals surface area contributed by atoms with Crippen molar-refractivity contribution in [1.29, 1.82) is 0 Å². The number of nitrogens with one attached hydrogen (secondary N) is 2. The molecule has 6 nitrogen and oxygen atoms in total. The average molecular weight is 568 g/mol. The number of carbonyl (C=O) groups excluding carboxylic acids is 1. The monoisotopic (exact) mass is 567 g/mol. The fraction of sp³-hybridized carbons (Fsp3) is 0.472. The second-order valence-electron chi connectivity index (χ2n) is 12.4. The zero-order valence-electron chi connectivity index (χ0n) is 24.9. The van der Waals surface area contributed by atoms with Gasteiger partial charge in [-0.2, -0.15) is 0 Å². The van der Waals surface area contributed by atoms with Gasteiger partial charge in [0.1, 0.15) is 11.4 Å². The molecule has 0 bridgehead atoms.